The van der Waals surface area contributed by atoms with Crippen molar-refractivity contribution in [3.8, 4) is 0 Å². The molecule has 0 unspecified atom stereocenters. The van der Waals surface area contributed by atoms with Gasteiger partial charge in [-0.05, 0) is 36.2 Å². The van der Waals surface area contributed by atoms with E-state index in [0.717, 1.165) is 11.1 Å². The van der Waals surface area contributed by atoms with Crippen molar-refractivity contribution in [1.29, 1.82) is 0 Å². The molecule has 0 radical (unpaired) electrons. The molecule has 2 rings (SSSR count). The number of para-hydroxylation sites is 1. The smallest absolute Gasteiger partial charge is 0.267 e. The van der Waals surface area contributed by atoms with Crippen molar-refractivity contribution in [2.24, 2.45) is 5.41 Å². The van der Waals surface area contributed by atoms with Crippen molar-refractivity contribution in [3.05, 3.63) is 63.1 Å². The minimum absolute atomic E-state index is 0.160. The molecule has 27 heavy (non-hydrogen) atoms. The topological polar surface area (TPSA) is 70.2 Å². The summed E-state index contributed by atoms with van der Waals surface area (Å²) in [4.78, 5) is 24.9. The van der Waals surface area contributed by atoms with Gasteiger partial charge in [-0.15, -0.1) is 0 Å². The van der Waals surface area contributed by atoms with Gasteiger partial charge < -0.3 is 5.32 Å². The Balaban J connectivity index is 2.10. The molecule has 0 atom stereocenters. The fraction of sp³-hybridized carbons (Fsp3) is 0.300. The van der Waals surface area contributed by atoms with E-state index in [4.69, 9.17) is 23.2 Å². The Hall–Kier alpha value is -2.08. The van der Waals surface area contributed by atoms with Crippen LogP contribution in [-0.2, 0) is 11.3 Å². The predicted octanol–water partition coefficient (Wildman–Crippen LogP) is 4.72. The first-order valence-corrected chi connectivity index (χ1v) is 9.23. The SMILES string of the molecule is Cc1cccc(C(=O)NNCc2ccc(Cl)cc2Cl)c1NC(=O)C(C)(C)C. The number of amides is 2. The van der Waals surface area contributed by atoms with E-state index in [2.05, 4.69) is 16.2 Å². The predicted molar refractivity (Wildman–Crippen MR) is 110 cm³/mol. The average molecular weight is 408 g/mol. The highest BCUT2D eigenvalue weighted by Gasteiger charge is 2.24. The summed E-state index contributed by atoms with van der Waals surface area (Å²) in [6.07, 6.45) is 0. The number of hydrazine groups is 1. The number of aryl methyl sites for hydroxylation is 1. The minimum atomic E-state index is -0.570. The molecular formula is C20H23Cl2N3O2. The van der Waals surface area contributed by atoms with Gasteiger partial charge in [0.2, 0.25) is 5.91 Å². The monoisotopic (exact) mass is 407 g/mol. The standard InChI is InChI=1S/C20H23Cl2N3O2/c1-12-6-5-7-15(17(12)24-19(27)20(2,3)4)18(26)25-23-11-13-8-9-14(21)10-16(13)22/h5-10,23H,11H2,1-4H3,(H,24,27)(H,25,26). The van der Waals surface area contributed by atoms with Crippen molar-refractivity contribution in [1.82, 2.24) is 10.9 Å². The molecule has 0 aromatic heterocycles. The Bertz CT molecular complexity index is 861. The summed E-state index contributed by atoms with van der Waals surface area (Å²) in [7, 11) is 0. The van der Waals surface area contributed by atoms with Crippen LogP contribution in [0.15, 0.2) is 36.4 Å². The Morgan fingerprint density at radius 2 is 1.78 bits per heavy atom. The maximum absolute atomic E-state index is 12.6. The largest absolute Gasteiger partial charge is 0.325 e. The summed E-state index contributed by atoms with van der Waals surface area (Å²) in [5.74, 6) is -0.514. The molecule has 0 saturated carbocycles. The van der Waals surface area contributed by atoms with E-state index in [9.17, 15) is 9.59 Å². The summed E-state index contributed by atoms with van der Waals surface area (Å²) >= 11 is 12.0. The number of benzene rings is 2. The van der Waals surface area contributed by atoms with E-state index in [1.807, 2.05) is 33.8 Å². The van der Waals surface area contributed by atoms with Crippen molar-refractivity contribution >= 4 is 40.7 Å². The first-order chi connectivity index (χ1) is 12.6. The van der Waals surface area contributed by atoms with Crippen LogP contribution in [-0.4, -0.2) is 11.8 Å². The number of nitrogens with one attached hydrogen (secondary N) is 3. The van der Waals surface area contributed by atoms with Crippen molar-refractivity contribution in [2.75, 3.05) is 5.32 Å². The molecule has 0 spiro atoms. The summed E-state index contributed by atoms with van der Waals surface area (Å²) in [6, 6.07) is 10.4. The van der Waals surface area contributed by atoms with Gasteiger partial charge in [-0.2, -0.15) is 0 Å². The zero-order valence-electron chi connectivity index (χ0n) is 15.7. The van der Waals surface area contributed by atoms with Crippen LogP contribution in [0.1, 0.15) is 42.3 Å². The fourth-order valence-corrected chi connectivity index (χ4v) is 2.75. The quantitative estimate of drug-likeness (QED) is 0.627. The van der Waals surface area contributed by atoms with Crippen LogP contribution in [0, 0.1) is 12.3 Å². The van der Waals surface area contributed by atoms with Gasteiger partial charge in [-0.25, -0.2) is 5.43 Å². The molecule has 0 bridgehead atoms. The number of hydrogen-bond donors (Lipinski definition) is 3. The van der Waals surface area contributed by atoms with Crippen LogP contribution < -0.4 is 16.2 Å². The third kappa shape index (κ3) is 5.70. The highest BCUT2D eigenvalue weighted by Crippen LogP contribution is 2.24. The molecule has 0 aliphatic rings. The van der Waals surface area contributed by atoms with Gasteiger partial charge in [-0.3, -0.25) is 15.0 Å². The highest BCUT2D eigenvalue weighted by molar-refractivity contribution is 6.35. The van der Waals surface area contributed by atoms with Gasteiger partial charge in [0.15, 0.2) is 0 Å². The molecular weight excluding hydrogens is 385 g/mol. The van der Waals surface area contributed by atoms with Gasteiger partial charge in [0, 0.05) is 22.0 Å². The number of halogens is 2. The Morgan fingerprint density at radius 1 is 1.07 bits per heavy atom. The molecule has 0 heterocycles. The Labute approximate surface area is 169 Å². The molecule has 5 nitrogen and oxygen atoms in total. The maximum Gasteiger partial charge on any atom is 0.267 e. The number of carbonyl (C=O) groups excluding carboxylic acids is 2. The van der Waals surface area contributed by atoms with Gasteiger partial charge >= 0.3 is 0 Å². The van der Waals surface area contributed by atoms with Gasteiger partial charge in [0.05, 0.1) is 11.3 Å². The molecule has 0 fully saturated rings. The lowest BCUT2D eigenvalue weighted by molar-refractivity contribution is -0.123. The fourth-order valence-electron chi connectivity index (χ4n) is 2.28. The Morgan fingerprint density at radius 3 is 2.41 bits per heavy atom. The van der Waals surface area contributed by atoms with E-state index in [0.29, 0.717) is 27.8 Å². The van der Waals surface area contributed by atoms with Crippen LogP contribution >= 0.6 is 23.2 Å². The van der Waals surface area contributed by atoms with E-state index in [-0.39, 0.29) is 11.8 Å². The lowest BCUT2D eigenvalue weighted by atomic mass is 9.95. The second-order valence-electron chi connectivity index (χ2n) is 7.25. The van der Waals surface area contributed by atoms with Crippen molar-refractivity contribution < 1.29 is 9.59 Å². The average Bonchev–Trinajstić information content (AvgIpc) is 2.57. The summed E-state index contributed by atoms with van der Waals surface area (Å²) in [5.41, 5.74) is 7.40. The number of rotatable bonds is 5. The molecule has 2 aromatic rings. The van der Waals surface area contributed by atoms with Crippen LogP contribution in [0.25, 0.3) is 0 Å². The third-order valence-corrected chi connectivity index (χ3v) is 4.52. The third-order valence-electron chi connectivity index (χ3n) is 3.93. The second-order valence-corrected chi connectivity index (χ2v) is 8.09. The molecule has 2 aromatic carbocycles. The van der Waals surface area contributed by atoms with E-state index in [1.165, 1.54) is 0 Å². The maximum atomic E-state index is 12.6. The van der Waals surface area contributed by atoms with Crippen molar-refractivity contribution in [2.45, 2.75) is 34.2 Å². The molecule has 7 heteroatoms. The second kappa shape index (κ2) is 8.74. The molecule has 144 valence electrons. The number of anilines is 1. The molecule has 3 N–H and O–H groups in total. The van der Waals surface area contributed by atoms with Gasteiger partial charge in [0.1, 0.15) is 0 Å². The first kappa shape index (κ1) is 21.2. The van der Waals surface area contributed by atoms with Crippen LogP contribution in [0.5, 0.6) is 0 Å². The number of hydrogen-bond acceptors (Lipinski definition) is 3. The van der Waals surface area contributed by atoms with E-state index < -0.39 is 5.41 Å². The molecule has 0 aliphatic heterocycles. The van der Waals surface area contributed by atoms with Gasteiger partial charge in [-0.1, -0.05) is 62.2 Å². The van der Waals surface area contributed by atoms with Crippen LogP contribution in [0.3, 0.4) is 0 Å². The lowest BCUT2D eigenvalue weighted by Gasteiger charge is -2.20. The van der Waals surface area contributed by atoms with E-state index >= 15 is 0 Å². The summed E-state index contributed by atoms with van der Waals surface area (Å²) < 4.78 is 0. The van der Waals surface area contributed by atoms with Crippen molar-refractivity contribution in [3.63, 3.8) is 0 Å². The minimum Gasteiger partial charge on any atom is -0.325 e. The normalized spacial score (nSPS) is 11.2. The Kier molecular flexibility index (Phi) is 6.87. The molecule has 2 amide bonds. The number of carbonyl (C=O) groups is 2. The lowest BCUT2D eigenvalue weighted by Crippen LogP contribution is -2.38. The van der Waals surface area contributed by atoms with Crippen LogP contribution in [0.2, 0.25) is 10.0 Å². The summed E-state index contributed by atoms with van der Waals surface area (Å²) in [6.45, 7) is 7.63. The summed E-state index contributed by atoms with van der Waals surface area (Å²) in [5, 5.41) is 3.92. The highest BCUT2D eigenvalue weighted by atomic mass is 35.5. The van der Waals surface area contributed by atoms with E-state index in [1.54, 1.807) is 30.3 Å². The molecule has 0 saturated heterocycles. The first-order valence-electron chi connectivity index (χ1n) is 8.48. The zero-order chi connectivity index (χ0) is 20.2. The zero-order valence-corrected chi connectivity index (χ0v) is 17.3. The molecule has 0 aliphatic carbocycles. The van der Waals surface area contributed by atoms with Crippen LogP contribution in [0.4, 0.5) is 5.69 Å². The van der Waals surface area contributed by atoms with Gasteiger partial charge in [0.25, 0.3) is 5.91 Å².